The van der Waals surface area contributed by atoms with E-state index in [1.54, 1.807) is 34.2 Å². The van der Waals surface area contributed by atoms with E-state index in [-0.39, 0.29) is 11.9 Å². The summed E-state index contributed by atoms with van der Waals surface area (Å²) in [5, 5.41) is 7.27. The molecule has 4 aromatic heterocycles. The molecule has 0 saturated carbocycles. The van der Waals surface area contributed by atoms with Gasteiger partial charge >= 0.3 is 0 Å². The summed E-state index contributed by atoms with van der Waals surface area (Å²) >= 11 is 1.60. The van der Waals surface area contributed by atoms with Crippen molar-refractivity contribution in [1.82, 2.24) is 19.7 Å². The topological polar surface area (TPSA) is 64.2 Å². The van der Waals surface area contributed by atoms with Gasteiger partial charge in [-0.2, -0.15) is 5.10 Å². The van der Waals surface area contributed by atoms with E-state index in [4.69, 9.17) is 9.40 Å². The van der Waals surface area contributed by atoms with Crippen LogP contribution in [0.5, 0.6) is 0 Å². The lowest BCUT2D eigenvalue weighted by Gasteiger charge is -2.24. The molecule has 4 rings (SSSR count). The third kappa shape index (κ3) is 2.94. The second kappa shape index (κ2) is 6.66. The highest BCUT2D eigenvalue weighted by atomic mass is 32.1. The Morgan fingerprint density at radius 2 is 2.15 bits per heavy atom. The lowest BCUT2D eigenvalue weighted by atomic mass is 10.1. The first-order chi connectivity index (χ1) is 13.0. The van der Waals surface area contributed by atoms with Crippen molar-refractivity contribution in [3.63, 3.8) is 0 Å². The van der Waals surface area contributed by atoms with Crippen molar-refractivity contribution in [3.05, 3.63) is 59.0 Å². The molecule has 0 saturated heterocycles. The van der Waals surface area contributed by atoms with Crippen LogP contribution < -0.4 is 0 Å². The van der Waals surface area contributed by atoms with Crippen molar-refractivity contribution >= 4 is 28.3 Å². The predicted molar refractivity (Wildman–Crippen MR) is 106 cm³/mol. The number of thiophene rings is 1. The monoisotopic (exact) mass is 380 g/mol. The number of hydrogen-bond donors (Lipinski definition) is 0. The molecular weight excluding hydrogens is 360 g/mol. The number of fused-ring (bicyclic) bond motifs is 1. The minimum Gasteiger partial charge on any atom is -0.467 e. The smallest absolute Gasteiger partial charge is 0.255 e. The Bertz CT molecular complexity index is 1100. The molecule has 27 heavy (non-hydrogen) atoms. The highest BCUT2D eigenvalue weighted by Gasteiger charge is 2.25. The molecular formula is C20H20N4O2S. The first-order valence-electron chi connectivity index (χ1n) is 8.66. The molecule has 0 aromatic carbocycles. The molecule has 0 fully saturated rings. The number of nitrogens with zero attached hydrogens (tertiary/aromatic N) is 4. The molecule has 4 aromatic rings. The number of carbonyl (C=O) groups is 1. The number of rotatable bonds is 4. The van der Waals surface area contributed by atoms with Crippen LogP contribution in [0.15, 0.2) is 46.4 Å². The summed E-state index contributed by atoms with van der Waals surface area (Å²) < 4.78 is 7.21. The maximum absolute atomic E-state index is 13.4. The molecule has 1 atom stereocenters. The zero-order valence-corrected chi connectivity index (χ0v) is 16.4. The average molecular weight is 380 g/mol. The molecule has 6 nitrogen and oxygen atoms in total. The van der Waals surface area contributed by atoms with Gasteiger partial charge in [-0.15, -0.1) is 11.3 Å². The number of aromatic nitrogens is 3. The number of pyridine rings is 1. The summed E-state index contributed by atoms with van der Waals surface area (Å²) in [6.45, 7) is 3.85. The third-order valence-electron chi connectivity index (χ3n) is 4.83. The SMILES string of the molecule is Cc1nn(C)c2nc(-c3cccs3)cc(C(=O)N(C)C(C)c3ccco3)c12. The standard InChI is InChI=1S/C20H20N4O2S/c1-12-18-14(20(25)23(3)13(2)16-7-5-9-26-16)11-15(17-8-6-10-27-17)21-19(18)24(4)22-12/h5-11,13H,1-4H3. The van der Waals surface area contributed by atoms with E-state index < -0.39 is 0 Å². The van der Waals surface area contributed by atoms with Crippen LogP contribution in [-0.4, -0.2) is 32.6 Å². The van der Waals surface area contributed by atoms with Crippen molar-refractivity contribution in [3.8, 4) is 10.6 Å². The molecule has 0 aliphatic rings. The lowest BCUT2D eigenvalue weighted by molar-refractivity contribution is 0.0728. The molecule has 7 heteroatoms. The molecule has 1 amide bonds. The largest absolute Gasteiger partial charge is 0.467 e. The molecule has 0 N–H and O–H groups in total. The number of carbonyl (C=O) groups excluding carboxylic acids is 1. The van der Waals surface area contributed by atoms with E-state index in [2.05, 4.69) is 5.10 Å². The van der Waals surface area contributed by atoms with Crippen LogP contribution in [0.25, 0.3) is 21.6 Å². The Balaban J connectivity index is 1.85. The van der Waals surface area contributed by atoms with E-state index in [0.717, 1.165) is 27.4 Å². The number of furan rings is 1. The zero-order chi connectivity index (χ0) is 19.1. The molecule has 0 aliphatic carbocycles. The van der Waals surface area contributed by atoms with Crippen molar-refractivity contribution < 1.29 is 9.21 Å². The minimum absolute atomic E-state index is 0.0831. The first-order valence-corrected chi connectivity index (χ1v) is 9.54. The minimum atomic E-state index is -0.183. The van der Waals surface area contributed by atoms with Gasteiger partial charge in [-0.25, -0.2) is 4.98 Å². The number of amides is 1. The van der Waals surface area contributed by atoms with E-state index in [1.165, 1.54) is 0 Å². The van der Waals surface area contributed by atoms with Gasteiger partial charge in [0, 0.05) is 14.1 Å². The van der Waals surface area contributed by atoms with Crippen LogP contribution in [0.3, 0.4) is 0 Å². The Morgan fingerprint density at radius 1 is 1.33 bits per heavy atom. The summed E-state index contributed by atoms with van der Waals surface area (Å²) in [6.07, 6.45) is 1.62. The van der Waals surface area contributed by atoms with Crippen molar-refractivity contribution in [2.75, 3.05) is 7.05 Å². The van der Waals surface area contributed by atoms with E-state index in [1.807, 2.05) is 56.6 Å². The second-order valence-electron chi connectivity index (χ2n) is 6.55. The molecule has 0 bridgehead atoms. The fourth-order valence-electron chi connectivity index (χ4n) is 3.25. The quantitative estimate of drug-likeness (QED) is 0.525. The van der Waals surface area contributed by atoms with E-state index in [9.17, 15) is 4.79 Å². The average Bonchev–Trinajstić information content (AvgIpc) is 3.42. The fraction of sp³-hybridized carbons (Fsp3) is 0.250. The highest BCUT2D eigenvalue weighted by molar-refractivity contribution is 7.13. The Hall–Kier alpha value is -2.93. The maximum Gasteiger partial charge on any atom is 0.255 e. The van der Waals surface area contributed by atoms with Gasteiger partial charge < -0.3 is 9.32 Å². The molecule has 138 valence electrons. The number of aryl methyl sites for hydroxylation is 2. The maximum atomic E-state index is 13.4. The number of hydrogen-bond acceptors (Lipinski definition) is 5. The summed E-state index contributed by atoms with van der Waals surface area (Å²) in [7, 11) is 3.64. The zero-order valence-electron chi connectivity index (χ0n) is 15.6. The second-order valence-corrected chi connectivity index (χ2v) is 7.50. The van der Waals surface area contributed by atoms with Crippen molar-refractivity contribution in [2.45, 2.75) is 19.9 Å². The van der Waals surface area contributed by atoms with Crippen LogP contribution in [0, 0.1) is 6.92 Å². The summed E-state index contributed by atoms with van der Waals surface area (Å²) in [6, 6.07) is 9.38. The Kier molecular flexibility index (Phi) is 4.31. The van der Waals surface area contributed by atoms with Gasteiger partial charge in [0.05, 0.1) is 39.5 Å². The Morgan fingerprint density at radius 3 is 2.81 bits per heavy atom. The van der Waals surface area contributed by atoms with Gasteiger partial charge in [0.25, 0.3) is 5.91 Å². The highest BCUT2D eigenvalue weighted by Crippen LogP contribution is 2.31. The van der Waals surface area contributed by atoms with Crippen LogP contribution in [0.1, 0.15) is 34.8 Å². The van der Waals surface area contributed by atoms with Crippen LogP contribution >= 0.6 is 11.3 Å². The molecule has 0 spiro atoms. The van der Waals surface area contributed by atoms with Gasteiger partial charge in [-0.05, 0) is 43.5 Å². The third-order valence-corrected chi connectivity index (χ3v) is 5.72. The summed E-state index contributed by atoms with van der Waals surface area (Å²) in [4.78, 5) is 20.9. The van der Waals surface area contributed by atoms with Gasteiger partial charge in [-0.1, -0.05) is 6.07 Å². The van der Waals surface area contributed by atoms with Crippen LogP contribution in [-0.2, 0) is 7.05 Å². The Labute approximate surface area is 161 Å². The van der Waals surface area contributed by atoms with E-state index >= 15 is 0 Å². The molecule has 0 radical (unpaired) electrons. The normalized spacial score (nSPS) is 12.4. The van der Waals surface area contributed by atoms with Crippen LogP contribution in [0.2, 0.25) is 0 Å². The van der Waals surface area contributed by atoms with Gasteiger partial charge in [0.1, 0.15) is 5.76 Å². The molecule has 0 aliphatic heterocycles. The van der Waals surface area contributed by atoms with Crippen molar-refractivity contribution in [1.29, 1.82) is 0 Å². The summed E-state index contributed by atoms with van der Waals surface area (Å²) in [5.74, 6) is 0.665. The fourth-order valence-corrected chi connectivity index (χ4v) is 3.94. The predicted octanol–water partition coefficient (Wildman–Crippen LogP) is 4.43. The summed E-state index contributed by atoms with van der Waals surface area (Å²) in [5.41, 5.74) is 2.89. The molecule has 1 unspecified atom stereocenters. The van der Waals surface area contributed by atoms with E-state index in [0.29, 0.717) is 11.2 Å². The van der Waals surface area contributed by atoms with Crippen LogP contribution in [0.4, 0.5) is 0 Å². The van der Waals surface area contributed by atoms with Crippen molar-refractivity contribution in [2.24, 2.45) is 7.05 Å². The van der Waals surface area contributed by atoms with Gasteiger partial charge in [0.15, 0.2) is 5.65 Å². The lowest BCUT2D eigenvalue weighted by Crippen LogP contribution is -2.29. The molecule has 4 heterocycles. The first kappa shape index (κ1) is 17.5. The van der Waals surface area contributed by atoms with Gasteiger partial charge in [-0.3, -0.25) is 9.48 Å². The van der Waals surface area contributed by atoms with Gasteiger partial charge in [0.2, 0.25) is 0 Å².